The number of hydrogen-bond acceptors (Lipinski definition) is 3. The molecule has 0 spiro atoms. The first-order chi connectivity index (χ1) is 8.11. The maximum atomic E-state index is 12.2. The molecule has 0 aliphatic heterocycles. The van der Waals surface area contributed by atoms with Crippen LogP contribution in [0.15, 0.2) is 0 Å². The predicted octanol–water partition coefficient (Wildman–Crippen LogP) is 2.39. The van der Waals surface area contributed by atoms with E-state index in [-0.39, 0.29) is 17.2 Å². The standard InChI is InChI=1S/C11H13F3N2O2/c1-5(10(17)18)9-6(2)15-8(16-7(9)3)4-11(12,13)14/h5H,4H2,1-3H3,(H,17,18). The predicted molar refractivity (Wildman–Crippen MR) is 57.3 cm³/mol. The number of aryl methyl sites for hydroxylation is 2. The first-order valence-corrected chi connectivity index (χ1v) is 5.25. The summed E-state index contributed by atoms with van der Waals surface area (Å²) in [5.74, 6) is -2.24. The van der Waals surface area contributed by atoms with Gasteiger partial charge in [-0.25, -0.2) is 9.97 Å². The van der Waals surface area contributed by atoms with Crippen LogP contribution in [0.3, 0.4) is 0 Å². The molecule has 0 aliphatic carbocycles. The van der Waals surface area contributed by atoms with Gasteiger partial charge in [0, 0.05) is 17.0 Å². The van der Waals surface area contributed by atoms with Gasteiger partial charge in [0.05, 0.1) is 5.92 Å². The molecule has 0 radical (unpaired) electrons. The topological polar surface area (TPSA) is 63.1 Å². The van der Waals surface area contributed by atoms with E-state index in [9.17, 15) is 18.0 Å². The van der Waals surface area contributed by atoms with Crippen LogP contribution in [0.25, 0.3) is 0 Å². The first kappa shape index (κ1) is 14.4. The number of carboxylic acid groups (broad SMARTS) is 1. The number of carboxylic acids is 1. The van der Waals surface area contributed by atoms with Crippen molar-refractivity contribution in [2.24, 2.45) is 0 Å². The van der Waals surface area contributed by atoms with E-state index in [1.807, 2.05) is 0 Å². The van der Waals surface area contributed by atoms with Crippen LogP contribution >= 0.6 is 0 Å². The Morgan fingerprint density at radius 2 is 1.72 bits per heavy atom. The van der Waals surface area contributed by atoms with Crippen molar-refractivity contribution in [1.82, 2.24) is 9.97 Å². The fraction of sp³-hybridized carbons (Fsp3) is 0.545. The number of carbonyl (C=O) groups is 1. The summed E-state index contributed by atoms with van der Waals surface area (Å²) in [5, 5.41) is 8.90. The highest BCUT2D eigenvalue weighted by molar-refractivity contribution is 5.76. The molecule has 1 rings (SSSR count). The second kappa shape index (κ2) is 4.91. The van der Waals surface area contributed by atoms with E-state index in [1.165, 1.54) is 20.8 Å². The third-order valence-electron chi connectivity index (χ3n) is 2.54. The van der Waals surface area contributed by atoms with Crippen LogP contribution in [0.5, 0.6) is 0 Å². The van der Waals surface area contributed by atoms with E-state index in [0.717, 1.165) is 0 Å². The van der Waals surface area contributed by atoms with Gasteiger partial charge in [-0.15, -0.1) is 0 Å². The molecule has 1 heterocycles. The molecule has 0 amide bonds. The lowest BCUT2D eigenvalue weighted by Gasteiger charge is -2.14. The molecule has 0 aromatic carbocycles. The normalized spacial score (nSPS) is 13.4. The Morgan fingerprint density at radius 3 is 2.06 bits per heavy atom. The van der Waals surface area contributed by atoms with Crippen LogP contribution in [-0.2, 0) is 11.2 Å². The lowest BCUT2D eigenvalue weighted by atomic mass is 9.98. The third kappa shape index (κ3) is 3.41. The van der Waals surface area contributed by atoms with Gasteiger partial charge in [0.1, 0.15) is 12.2 Å². The van der Waals surface area contributed by atoms with Crippen LogP contribution in [0.1, 0.15) is 35.6 Å². The summed E-state index contributed by atoms with van der Waals surface area (Å²) in [7, 11) is 0. The number of aliphatic carboxylic acids is 1. The van der Waals surface area contributed by atoms with Crippen LogP contribution in [0, 0.1) is 13.8 Å². The van der Waals surface area contributed by atoms with Crippen molar-refractivity contribution < 1.29 is 23.1 Å². The summed E-state index contributed by atoms with van der Waals surface area (Å²) >= 11 is 0. The zero-order chi connectivity index (χ0) is 14.1. The average molecular weight is 262 g/mol. The molecule has 1 N–H and O–H groups in total. The van der Waals surface area contributed by atoms with Crippen LogP contribution in [-0.4, -0.2) is 27.2 Å². The molecule has 0 aliphatic rings. The Kier molecular flexibility index (Phi) is 3.93. The van der Waals surface area contributed by atoms with Crippen molar-refractivity contribution in [2.75, 3.05) is 0 Å². The molecule has 4 nitrogen and oxygen atoms in total. The Hall–Kier alpha value is -1.66. The maximum Gasteiger partial charge on any atom is 0.396 e. The summed E-state index contributed by atoms with van der Waals surface area (Å²) in [6, 6.07) is 0. The van der Waals surface area contributed by atoms with Crippen molar-refractivity contribution in [2.45, 2.75) is 39.3 Å². The first-order valence-electron chi connectivity index (χ1n) is 5.25. The zero-order valence-electron chi connectivity index (χ0n) is 10.2. The minimum absolute atomic E-state index is 0.275. The highest BCUT2D eigenvalue weighted by Crippen LogP contribution is 2.24. The van der Waals surface area contributed by atoms with E-state index in [1.54, 1.807) is 0 Å². The molecule has 0 saturated heterocycles. The molecule has 0 fully saturated rings. The van der Waals surface area contributed by atoms with E-state index < -0.39 is 24.5 Å². The minimum Gasteiger partial charge on any atom is -0.481 e. The monoisotopic (exact) mass is 262 g/mol. The van der Waals surface area contributed by atoms with Gasteiger partial charge in [0.2, 0.25) is 0 Å². The van der Waals surface area contributed by atoms with E-state index in [0.29, 0.717) is 5.56 Å². The maximum absolute atomic E-state index is 12.2. The SMILES string of the molecule is Cc1nc(CC(F)(F)F)nc(C)c1C(C)C(=O)O. The molecular formula is C11H13F3N2O2. The van der Waals surface area contributed by atoms with Gasteiger partial charge >= 0.3 is 12.1 Å². The molecular weight excluding hydrogens is 249 g/mol. The van der Waals surface area contributed by atoms with E-state index >= 15 is 0 Å². The second-order valence-corrected chi connectivity index (χ2v) is 4.08. The molecule has 18 heavy (non-hydrogen) atoms. The van der Waals surface area contributed by atoms with Gasteiger partial charge in [-0.3, -0.25) is 4.79 Å². The van der Waals surface area contributed by atoms with Crippen molar-refractivity contribution in [3.05, 3.63) is 22.8 Å². The zero-order valence-corrected chi connectivity index (χ0v) is 10.2. The Bertz CT molecular complexity index is 449. The lowest BCUT2D eigenvalue weighted by Crippen LogP contribution is -2.18. The average Bonchev–Trinajstić information content (AvgIpc) is 2.12. The van der Waals surface area contributed by atoms with Crippen molar-refractivity contribution in [1.29, 1.82) is 0 Å². The molecule has 0 bridgehead atoms. The highest BCUT2D eigenvalue weighted by atomic mass is 19.4. The van der Waals surface area contributed by atoms with Gasteiger partial charge < -0.3 is 5.11 Å². The lowest BCUT2D eigenvalue weighted by molar-refractivity contribution is -0.138. The fourth-order valence-corrected chi connectivity index (χ4v) is 1.80. The Balaban J connectivity index is 3.17. The molecule has 1 atom stereocenters. The van der Waals surface area contributed by atoms with E-state index in [4.69, 9.17) is 5.11 Å². The van der Waals surface area contributed by atoms with Crippen LogP contribution < -0.4 is 0 Å². The van der Waals surface area contributed by atoms with Crippen LogP contribution in [0.4, 0.5) is 13.2 Å². The van der Waals surface area contributed by atoms with Crippen molar-refractivity contribution in [3.8, 4) is 0 Å². The summed E-state index contributed by atoms with van der Waals surface area (Å²) in [5.41, 5.74) is 0.918. The number of aromatic nitrogens is 2. The summed E-state index contributed by atoms with van der Waals surface area (Å²) in [6.45, 7) is 4.43. The molecule has 1 aromatic heterocycles. The van der Waals surface area contributed by atoms with E-state index in [2.05, 4.69) is 9.97 Å². The number of halogens is 3. The molecule has 1 aromatic rings. The van der Waals surface area contributed by atoms with Gasteiger partial charge in [0.15, 0.2) is 0 Å². The van der Waals surface area contributed by atoms with Crippen molar-refractivity contribution in [3.63, 3.8) is 0 Å². The number of rotatable bonds is 3. The van der Waals surface area contributed by atoms with Crippen LogP contribution in [0.2, 0.25) is 0 Å². The molecule has 7 heteroatoms. The summed E-state index contributed by atoms with van der Waals surface area (Å²) in [6.07, 6.45) is -5.59. The number of nitrogens with zero attached hydrogens (tertiary/aromatic N) is 2. The summed E-state index contributed by atoms with van der Waals surface area (Å²) < 4.78 is 36.7. The van der Waals surface area contributed by atoms with Gasteiger partial charge in [-0.2, -0.15) is 13.2 Å². The fourth-order valence-electron chi connectivity index (χ4n) is 1.80. The van der Waals surface area contributed by atoms with Crippen molar-refractivity contribution >= 4 is 5.97 Å². The van der Waals surface area contributed by atoms with Gasteiger partial charge in [-0.05, 0) is 20.8 Å². The van der Waals surface area contributed by atoms with Gasteiger partial charge in [-0.1, -0.05) is 0 Å². The third-order valence-corrected chi connectivity index (χ3v) is 2.54. The van der Waals surface area contributed by atoms with Gasteiger partial charge in [0.25, 0.3) is 0 Å². The summed E-state index contributed by atoms with van der Waals surface area (Å²) in [4.78, 5) is 18.3. The quantitative estimate of drug-likeness (QED) is 0.908. The minimum atomic E-state index is -4.38. The highest BCUT2D eigenvalue weighted by Gasteiger charge is 2.30. The number of alkyl halides is 3. The smallest absolute Gasteiger partial charge is 0.396 e. The Labute approximate surface area is 102 Å². The number of hydrogen-bond donors (Lipinski definition) is 1. The Morgan fingerprint density at radius 1 is 1.28 bits per heavy atom. The largest absolute Gasteiger partial charge is 0.481 e. The molecule has 1 unspecified atom stereocenters. The second-order valence-electron chi connectivity index (χ2n) is 4.08. The molecule has 0 saturated carbocycles. The molecule has 100 valence electrons.